The predicted molar refractivity (Wildman–Crippen MR) is 81.9 cm³/mol. The third-order valence-corrected chi connectivity index (χ3v) is 4.75. The molecule has 0 aliphatic heterocycles. The Labute approximate surface area is 120 Å². The molecule has 1 aromatic rings. The number of benzene rings is 1. The second-order valence-corrected chi connectivity index (χ2v) is 6.78. The van der Waals surface area contributed by atoms with E-state index < -0.39 is 10.0 Å². The monoisotopic (exact) mass is 301 g/mol. The molecule has 0 aliphatic carbocycles. The van der Waals surface area contributed by atoms with Crippen LogP contribution in [0.1, 0.15) is 12.5 Å². The smallest absolute Gasteiger partial charge is 0.242 e. The van der Waals surface area contributed by atoms with E-state index in [1.54, 1.807) is 25.1 Å². The first-order valence-corrected chi connectivity index (χ1v) is 7.72. The minimum absolute atomic E-state index is 0.279. The molecular weight excluding hydrogens is 282 g/mol. The van der Waals surface area contributed by atoms with Gasteiger partial charge >= 0.3 is 0 Å². The molecule has 0 unspecified atom stereocenters. The van der Waals surface area contributed by atoms with E-state index in [-0.39, 0.29) is 4.90 Å². The van der Waals surface area contributed by atoms with Crippen LogP contribution in [0.15, 0.2) is 23.1 Å². The minimum atomic E-state index is -3.45. The highest BCUT2D eigenvalue weighted by Crippen LogP contribution is 2.22. The average molecular weight is 301 g/mol. The first-order valence-electron chi connectivity index (χ1n) is 5.87. The fourth-order valence-corrected chi connectivity index (χ4v) is 2.89. The van der Waals surface area contributed by atoms with E-state index in [0.29, 0.717) is 22.9 Å². The van der Waals surface area contributed by atoms with E-state index in [9.17, 15) is 8.42 Å². The van der Waals surface area contributed by atoms with Gasteiger partial charge in [0, 0.05) is 26.3 Å². The molecule has 5 nitrogen and oxygen atoms in total. The van der Waals surface area contributed by atoms with Crippen LogP contribution < -0.4 is 10.6 Å². The van der Waals surface area contributed by atoms with Gasteiger partial charge in [-0.15, -0.1) is 0 Å². The quantitative estimate of drug-likeness (QED) is 0.826. The molecule has 19 heavy (non-hydrogen) atoms. The Morgan fingerprint density at radius 1 is 1.37 bits per heavy atom. The molecule has 0 atom stereocenters. The summed E-state index contributed by atoms with van der Waals surface area (Å²) in [6.45, 7) is 4.41. The van der Waals surface area contributed by atoms with Crippen LogP contribution in [0.25, 0.3) is 0 Å². The Morgan fingerprint density at radius 2 is 2.00 bits per heavy atom. The molecular formula is C12H19N3O2S2. The zero-order valence-corrected chi connectivity index (χ0v) is 13.2. The number of sulfonamides is 1. The zero-order chi connectivity index (χ0) is 14.6. The van der Waals surface area contributed by atoms with Gasteiger partial charge in [-0.3, -0.25) is 0 Å². The Morgan fingerprint density at radius 3 is 2.53 bits per heavy atom. The minimum Gasteiger partial charge on any atom is -0.363 e. The number of nitrogens with one attached hydrogen (secondary N) is 2. The molecule has 0 bridgehead atoms. The van der Waals surface area contributed by atoms with Crippen LogP contribution in [0.4, 0.5) is 5.69 Å². The highest BCUT2D eigenvalue weighted by molar-refractivity contribution is 7.89. The van der Waals surface area contributed by atoms with E-state index in [4.69, 9.17) is 12.2 Å². The standard InChI is InChI=1S/C12H19N3O2S2/c1-5-13-12(18)14-10-7-6-9(2)11(8-10)19(16,17)15(3)4/h6-8H,5H2,1-4H3,(H2,13,14,18). The molecule has 1 aromatic carbocycles. The topological polar surface area (TPSA) is 61.4 Å². The predicted octanol–water partition coefficient (Wildman–Crippen LogP) is 1.55. The number of rotatable bonds is 4. The summed E-state index contributed by atoms with van der Waals surface area (Å²) in [6.07, 6.45) is 0. The van der Waals surface area contributed by atoms with Crippen molar-refractivity contribution in [2.45, 2.75) is 18.7 Å². The SMILES string of the molecule is CCNC(=S)Nc1ccc(C)c(S(=O)(=O)N(C)C)c1. The van der Waals surface area contributed by atoms with E-state index >= 15 is 0 Å². The van der Waals surface area contributed by atoms with Gasteiger partial charge in [-0.2, -0.15) is 0 Å². The molecule has 0 saturated carbocycles. The summed E-state index contributed by atoms with van der Waals surface area (Å²) in [5, 5.41) is 6.38. The Bertz CT molecular complexity index is 568. The van der Waals surface area contributed by atoms with Crippen molar-refractivity contribution in [3.8, 4) is 0 Å². The van der Waals surface area contributed by atoms with E-state index in [1.165, 1.54) is 18.4 Å². The Kier molecular flexibility index (Phi) is 5.28. The van der Waals surface area contributed by atoms with E-state index in [1.807, 2.05) is 6.92 Å². The van der Waals surface area contributed by atoms with Gasteiger partial charge in [0.25, 0.3) is 0 Å². The molecule has 0 spiro atoms. The molecule has 0 saturated heterocycles. The van der Waals surface area contributed by atoms with Crippen LogP contribution in [0.2, 0.25) is 0 Å². The van der Waals surface area contributed by atoms with Gasteiger partial charge in [0.15, 0.2) is 5.11 Å². The molecule has 0 radical (unpaired) electrons. The summed E-state index contributed by atoms with van der Waals surface area (Å²) in [5.74, 6) is 0. The lowest BCUT2D eigenvalue weighted by Gasteiger charge is -2.15. The summed E-state index contributed by atoms with van der Waals surface area (Å²) in [6, 6.07) is 5.15. The fourth-order valence-electron chi connectivity index (χ4n) is 1.49. The third kappa shape index (κ3) is 3.89. The zero-order valence-electron chi connectivity index (χ0n) is 11.5. The van der Waals surface area contributed by atoms with Gasteiger partial charge in [-0.1, -0.05) is 6.07 Å². The van der Waals surface area contributed by atoms with Crippen LogP contribution in [-0.4, -0.2) is 38.5 Å². The number of nitrogens with zero attached hydrogens (tertiary/aromatic N) is 1. The van der Waals surface area contributed by atoms with Crippen LogP contribution in [0.5, 0.6) is 0 Å². The second-order valence-electron chi connectivity index (χ2n) is 4.25. The fraction of sp³-hybridized carbons (Fsp3) is 0.417. The average Bonchev–Trinajstić information content (AvgIpc) is 2.31. The van der Waals surface area contributed by atoms with E-state index in [2.05, 4.69) is 10.6 Å². The van der Waals surface area contributed by atoms with Crippen molar-refractivity contribution in [2.75, 3.05) is 26.0 Å². The van der Waals surface area contributed by atoms with Crippen LogP contribution in [-0.2, 0) is 10.0 Å². The number of hydrogen-bond acceptors (Lipinski definition) is 3. The summed E-state index contributed by atoms with van der Waals surface area (Å²) in [7, 11) is -0.424. The number of anilines is 1. The Hall–Kier alpha value is -1.18. The normalized spacial score (nSPS) is 11.4. The Balaban J connectivity index is 3.12. The van der Waals surface area contributed by atoms with Crippen molar-refractivity contribution in [1.82, 2.24) is 9.62 Å². The maximum atomic E-state index is 12.2. The first kappa shape index (κ1) is 15.9. The summed E-state index contributed by atoms with van der Waals surface area (Å²) in [5.41, 5.74) is 1.35. The highest BCUT2D eigenvalue weighted by atomic mass is 32.2. The van der Waals surface area contributed by atoms with E-state index in [0.717, 1.165) is 0 Å². The molecule has 0 aromatic heterocycles. The molecule has 7 heteroatoms. The van der Waals surface area contributed by atoms with Crippen molar-refractivity contribution in [1.29, 1.82) is 0 Å². The molecule has 106 valence electrons. The van der Waals surface area contributed by atoms with Gasteiger partial charge in [-0.05, 0) is 43.8 Å². The molecule has 1 rings (SSSR count). The summed E-state index contributed by atoms with van der Waals surface area (Å²) >= 11 is 5.07. The number of hydrogen-bond donors (Lipinski definition) is 2. The molecule has 0 heterocycles. The van der Waals surface area contributed by atoms with Crippen molar-refractivity contribution >= 4 is 33.0 Å². The maximum absolute atomic E-state index is 12.2. The summed E-state index contributed by atoms with van der Waals surface area (Å²) < 4.78 is 25.5. The number of thiocarbonyl (C=S) groups is 1. The highest BCUT2D eigenvalue weighted by Gasteiger charge is 2.20. The lowest BCUT2D eigenvalue weighted by atomic mass is 10.2. The molecule has 0 fully saturated rings. The molecule has 2 N–H and O–H groups in total. The maximum Gasteiger partial charge on any atom is 0.242 e. The van der Waals surface area contributed by atoms with Gasteiger partial charge in [0.05, 0.1) is 4.90 Å². The first-order chi connectivity index (χ1) is 8.78. The number of aryl methyl sites for hydroxylation is 1. The van der Waals surface area contributed by atoms with Gasteiger partial charge < -0.3 is 10.6 Å². The largest absolute Gasteiger partial charge is 0.363 e. The van der Waals surface area contributed by atoms with Crippen molar-refractivity contribution in [3.63, 3.8) is 0 Å². The lowest BCUT2D eigenvalue weighted by Crippen LogP contribution is -2.28. The van der Waals surface area contributed by atoms with Crippen molar-refractivity contribution in [3.05, 3.63) is 23.8 Å². The van der Waals surface area contributed by atoms with Gasteiger partial charge in [0.1, 0.15) is 0 Å². The third-order valence-electron chi connectivity index (χ3n) is 2.54. The van der Waals surface area contributed by atoms with Crippen molar-refractivity contribution < 1.29 is 8.42 Å². The van der Waals surface area contributed by atoms with Crippen LogP contribution in [0.3, 0.4) is 0 Å². The van der Waals surface area contributed by atoms with Crippen molar-refractivity contribution in [2.24, 2.45) is 0 Å². The van der Waals surface area contributed by atoms with Gasteiger partial charge in [0.2, 0.25) is 10.0 Å². The van der Waals surface area contributed by atoms with Gasteiger partial charge in [-0.25, -0.2) is 12.7 Å². The van der Waals surface area contributed by atoms with Crippen LogP contribution in [0, 0.1) is 6.92 Å². The molecule has 0 aliphatic rings. The van der Waals surface area contributed by atoms with Crippen LogP contribution >= 0.6 is 12.2 Å². The lowest BCUT2D eigenvalue weighted by molar-refractivity contribution is 0.520. The summed E-state index contributed by atoms with van der Waals surface area (Å²) in [4.78, 5) is 0.279. The molecule has 0 amide bonds. The second kappa shape index (κ2) is 6.31.